The number of rotatable bonds is 5. The SMILES string of the molecule is CN1CCC(NCc2ccc(NC(=O)CC#N)cc2)CC1. The molecule has 21 heavy (non-hydrogen) atoms. The first-order valence-corrected chi connectivity index (χ1v) is 7.35. The van der Waals surface area contributed by atoms with Crippen LogP contribution in [0.2, 0.25) is 0 Å². The number of likely N-dealkylation sites (tertiary alicyclic amines) is 1. The molecule has 1 aliphatic heterocycles. The average Bonchev–Trinajstić information content (AvgIpc) is 2.48. The minimum absolute atomic E-state index is 0.112. The van der Waals surface area contributed by atoms with Gasteiger partial charge >= 0.3 is 0 Å². The van der Waals surface area contributed by atoms with E-state index in [1.807, 2.05) is 30.3 Å². The molecule has 0 aromatic heterocycles. The van der Waals surface area contributed by atoms with E-state index in [1.54, 1.807) is 0 Å². The second-order valence-electron chi connectivity index (χ2n) is 5.54. The minimum Gasteiger partial charge on any atom is -0.325 e. The van der Waals surface area contributed by atoms with E-state index in [9.17, 15) is 4.79 Å². The normalized spacial score (nSPS) is 16.4. The molecule has 2 N–H and O–H groups in total. The van der Waals surface area contributed by atoms with Crippen molar-refractivity contribution in [1.82, 2.24) is 10.2 Å². The van der Waals surface area contributed by atoms with Gasteiger partial charge in [-0.05, 0) is 50.7 Å². The largest absolute Gasteiger partial charge is 0.325 e. The van der Waals surface area contributed by atoms with E-state index in [-0.39, 0.29) is 12.3 Å². The molecule has 0 radical (unpaired) electrons. The van der Waals surface area contributed by atoms with Crippen LogP contribution in [0.4, 0.5) is 5.69 Å². The number of benzene rings is 1. The number of nitrogens with one attached hydrogen (secondary N) is 2. The van der Waals surface area contributed by atoms with E-state index in [0.29, 0.717) is 6.04 Å². The van der Waals surface area contributed by atoms with E-state index in [4.69, 9.17) is 5.26 Å². The summed E-state index contributed by atoms with van der Waals surface area (Å²) < 4.78 is 0. The zero-order chi connectivity index (χ0) is 15.1. The molecule has 0 bridgehead atoms. The summed E-state index contributed by atoms with van der Waals surface area (Å²) in [5.74, 6) is -0.269. The van der Waals surface area contributed by atoms with Crippen LogP contribution in [-0.2, 0) is 11.3 Å². The van der Waals surface area contributed by atoms with Gasteiger partial charge in [-0.1, -0.05) is 12.1 Å². The molecule has 5 nitrogen and oxygen atoms in total. The zero-order valence-electron chi connectivity index (χ0n) is 12.4. The predicted octanol–water partition coefficient (Wildman–Crippen LogP) is 1.72. The molecule has 1 aromatic rings. The molecule has 1 aliphatic rings. The van der Waals surface area contributed by atoms with Crippen molar-refractivity contribution in [2.75, 3.05) is 25.5 Å². The number of hydrogen-bond acceptors (Lipinski definition) is 4. The van der Waals surface area contributed by atoms with Gasteiger partial charge in [0.2, 0.25) is 5.91 Å². The molecule has 1 fully saturated rings. The third kappa shape index (κ3) is 5.18. The summed E-state index contributed by atoms with van der Waals surface area (Å²) in [6.07, 6.45) is 2.27. The highest BCUT2D eigenvalue weighted by Crippen LogP contribution is 2.12. The van der Waals surface area contributed by atoms with Gasteiger partial charge in [-0.15, -0.1) is 0 Å². The van der Waals surface area contributed by atoms with Gasteiger partial charge in [-0.3, -0.25) is 4.79 Å². The lowest BCUT2D eigenvalue weighted by molar-refractivity contribution is -0.115. The number of nitriles is 1. The zero-order valence-corrected chi connectivity index (χ0v) is 12.4. The Morgan fingerprint density at radius 1 is 1.33 bits per heavy atom. The minimum atomic E-state index is -0.269. The first-order valence-electron chi connectivity index (χ1n) is 7.35. The number of carbonyl (C=O) groups is 1. The molecule has 1 amide bonds. The number of amides is 1. The monoisotopic (exact) mass is 286 g/mol. The maximum Gasteiger partial charge on any atom is 0.238 e. The molecule has 0 spiro atoms. The number of nitrogens with zero attached hydrogens (tertiary/aromatic N) is 2. The summed E-state index contributed by atoms with van der Waals surface area (Å²) in [5, 5.41) is 14.7. The second-order valence-corrected chi connectivity index (χ2v) is 5.54. The molecule has 0 atom stereocenters. The molecule has 0 aliphatic carbocycles. The molecular weight excluding hydrogens is 264 g/mol. The van der Waals surface area contributed by atoms with Gasteiger partial charge in [0, 0.05) is 18.3 Å². The predicted molar refractivity (Wildman–Crippen MR) is 82.7 cm³/mol. The smallest absolute Gasteiger partial charge is 0.238 e. The van der Waals surface area contributed by atoms with Crippen LogP contribution >= 0.6 is 0 Å². The van der Waals surface area contributed by atoms with Crippen molar-refractivity contribution >= 4 is 11.6 Å². The number of carbonyl (C=O) groups excluding carboxylic acids is 1. The van der Waals surface area contributed by atoms with Crippen molar-refractivity contribution in [2.24, 2.45) is 0 Å². The van der Waals surface area contributed by atoms with E-state index in [1.165, 1.54) is 18.4 Å². The summed E-state index contributed by atoms with van der Waals surface area (Å²) in [5.41, 5.74) is 1.94. The first kappa shape index (κ1) is 15.5. The van der Waals surface area contributed by atoms with Crippen molar-refractivity contribution in [3.8, 4) is 6.07 Å². The molecule has 1 aromatic carbocycles. The fourth-order valence-corrected chi connectivity index (χ4v) is 2.46. The van der Waals surface area contributed by atoms with Crippen molar-refractivity contribution in [2.45, 2.75) is 31.8 Å². The lowest BCUT2D eigenvalue weighted by Gasteiger charge is -2.29. The Morgan fingerprint density at radius 3 is 2.62 bits per heavy atom. The van der Waals surface area contributed by atoms with Gasteiger partial charge in [0.15, 0.2) is 0 Å². The third-order valence-electron chi connectivity index (χ3n) is 3.79. The van der Waals surface area contributed by atoms with E-state index in [0.717, 1.165) is 25.3 Å². The molecular formula is C16H22N4O. The average molecular weight is 286 g/mol. The van der Waals surface area contributed by atoms with Crippen LogP contribution in [0.1, 0.15) is 24.8 Å². The Kier molecular flexibility index (Phi) is 5.73. The summed E-state index contributed by atoms with van der Waals surface area (Å²) in [7, 11) is 2.16. The maximum absolute atomic E-state index is 11.3. The number of hydrogen-bond donors (Lipinski definition) is 2. The standard InChI is InChI=1S/C16H22N4O/c1-20-10-7-14(8-11-20)18-12-13-2-4-15(5-3-13)19-16(21)6-9-17/h2-5,14,18H,6-8,10-12H2,1H3,(H,19,21). The molecule has 112 valence electrons. The quantitative estimate of drug-likeness (QED) is 0.865. The van der Waals surface area contributed by atoms with Crippen LogP contribution in [0.3, 0.4) is 0 Å². The molecule has 2 rings (SSSR count). The third-order valence-corrected chi connectivity index (χ3v) is 3.79. The van der Waals surface area contributed by atoms with Gasteiger partial charge in [-0.2, -0.15) is 5.26 Å². The Balaban J connectivity index is 1.77. The van der Waals surface area contributed by atoms with E-state index < -0.39 is 0 Å². The first-order chi connectivity index (χ1) is 10.2. The Morgan fingerprint density at radius 2 is 2.00 bits per heavy atom. The van der Waals surface area contributed by atoms with Crippen LogP contribution < -0.4 is 10.6 Å². The molecule has 1 heterocycles. The summed E-state index contributed by atoms with van der Waals surface area (Å²) in [6, 6.07) is 10.2. The van der Waals surface area contributed by atoms with Crippen molar-refractivity contribution in [3.05, 3.63) is 29.8 Å². The summed E-state index contributed by atoms with van der Waals surface area (Å²) >= 11 is 0. The molecule has 0 saturated carbocycles. The fraction of sp³-hybridized carbons (Fsp3) is 0.500. The van der Waals surface area contributed by atoms with Gasteiger partial charge in [0.05, 0.1) is 6.07 Å². The Bertz CT molecular complexity index is 498. The Hall–Kier alpha value is -1.90. The van der Waals surface area contributed by atoms with Gasteiger partial charge < -0.3 is 15.5 Å². The second kappa shape index (κ2) is 7.77. The van der Waals surface area contributed by atoms with Gasteiger partial charge in [0.25, 0.3) is 0 Å². The highest BCUT2D eigenvalue weighted by Gasteiger charge is 2.15. The number of anilines is 1. The maximum atomic E-state index is 11.3. The van der Waals surface area contributed by atoms with Gasteiger partial charge in [0.1, 0.15) is 6.42 Å². The summed E-state index contributed by atoms with van der Waals surface area (Å²) in [6.45, 7) is 3.16. The van der Waals surface area contributed by atoms with Crippen molar-refractivity contribution in [3.63, 3.8) is 0 Å². The van der Waals surface area contributed by atoms with Crippen LogP contribution in [-0.4, -0.2) is 37.0 Å². The van der Waals surface area contributed by atoms with Gasteiger partial charge in [-0.25, -0.2) is 0 Å². The van der Waals surface area contributed by atoms with Crippen molar-refractivity contribution in [1.29, 1.82) is 5.26 Å². The highest BCUT2D eigenvalue weighted by atomic mass is 16.1. The molecule has 1 saturated heterocycles. The lowest BCUT2D eigenvalue weighted by atomic mass is 10.1. The topological polar surface area (TPSA) is 68.2 Å². The van der Waals surface area contributed by atoms with E-state index >= 15 is 0 Å². The van der Waals surface area contributed by atoms with Crippen LogP contribution in [0.25, 0.3) is 0 Å². The van der Waals surface area contributed by atoms with Crippen LogP contribution in [0, 0.1) is 11.3 Å². The molecule has 5 heteroatoms. The van der Waals surface area contributed by atoms with Crippen LogP contribution in [0.5, 0.6) is 0 Å². The summed E-state index contributed by atoms with van der Waals surface area (Å²) in [4.78, 5) is 13.7. The van der Waals surface area contributed by atoms with E-state index in [2.05, 4.69) is 22.6 Å². The fourth-order valence-electron chi connectivity index (χ4n) is 2.46. The highest BCUT2D eigenvalue weighted by molar-refractivity contribution is 5.91. The van der Waals surface area contributed by atoms with Crippen molar-refractivity contribution < 1.29 is 4.79 Å². The van der Waals surface area contributed by atoms with Crippen LogP contribution in [0.15, 0.2) is 24.3 Å². The Labute approximate surface area is 125 Å². The molecule has 0 unspecified atom stereocenters. The lowest BCUT2D eigenvalue weighted by Crippen LogP contribution is -2.40. The number of piperidine rings is 1.